The minimum Gasteiger partial charge on any atom is -0.365 e. The van der Waals surface area contributed by atoms with E-state index in [1.54, 1.807) is 7.11 Å². The number of hydrogen-bond donors (Lipinski definition) is 0. The maximum absolute atomic E-state index is 6.00. The number of aromatic nitrogens is 1. The van der Waals surface area contributed by atoms with Gasteiger partial charge in [0.05, 0.1) is 5.69 Å². The Morgan fingerprint density at radius 3 is 1.81 bits per heavy atom. The summed E-state index contributed by atoms with van der Waals surface area (Å²) in [5.74, 6) is 0.318. The van der Waals surface area contributed by atoms with Crippen LogP contribution in [-0.2, 0) is 21.2 Å². The number of ether oxygens (including phenoxy) is 1. The molecule has 0 amide bonds. The molecule has 2 aliphatic rings. The van der Waals surface area contributed by atoms with Crippen molar-refractivity contribution >= 4 is 0 Å². The van der Waals surface area contributed by atoms with Gasteiger partial charge in [0.15, 0.2) is 0 Å². The smallest absolute Gasteiger partial charge is 0.129 e. The van der Waals surface area contributed by atoms with E-state index < -0.39 is 5.60 Å². The maximum atomic E-state index is 6.00. The third-order valence-electron chi connectivity index (χ3n) is 8.22. The van der Waals surface area contributed by atoms with Gasteiger partial charge in [-0.1, -0.05) is 102 Å². The van der Waals surface area contributed by atoms with Crippen LogP contribution in [0.4, 0.5) is 0 Å². The predicted octanol–water partition coefficient (Wildman–Crippen LogP) is 8.18. The average molecular weight is 488 g/mol. The number of rotatable bonds is 5. The topological polar surface area (TPSA) is 22.1 Å². The standard InChI is InChI=1S/C35H37NO/c1-25-7-11-28(12-8-25)31-17-18-34(5,23-27(31)3)32-16-15-30(24-36-32)33(4)19-21-35(37-6,22-20-33)29-13-9-26(2)10-14-29/h7-24,31H,1-6H3. The fourth-order valence-electron chi connectivity index (χ4n) is 5.55. The zero-order valence-corrected chi connectivity index (χ0v) is 22.8. The number of nitrogens with zero attached hydrogens (tertiary/aromatic N) is 1. The van der Waals surface area contributed by atoms with Crippen LogP contribution in [0.5, 0.6) is 0 Å². The highest BCUT2D eigenvalue weighted by molar-refractivity contribution is 5.48. The Balaban J connectivity index is 1.37. The monoisotopic (exact) mass is 487 g/mol. The molecule has 2 unspecified atom stereocenters. The second kappa shape index (κ2) is 9.43. The minimum absolute atomic E-state index is 0.223. The number of methoxy groups -OCH3 is 1. The molecule has 0 radical (unpaired) electrons. The molecule has 5 rings (SSSR count). The predicted molar refractivity (Wildman–Crippen MR) is 154 cm³/mol. The van der Waals surface area contributed by atoms with Gasteiger partial charge in [0.25, 0.3) is 0 Å². The molecule has 0 bridgehead atoms. The molecule has 2 aliphatic carbocycles. The minimum atomic E-state index is -0.544. The molecule has 1 heterocycles. The van der Waals surface area contributed by atoms with Crippen molar-refractivity contribution in [2.24, 2.45) is 0 Å². The van der Waals surface area contributed by atoms with Gasteiger partial charge in [-0.05, 0) is 69.5 Å². The van der Waals surface area contributed by atoms with Crippen LogP contribution < -0.4 is 0 Å². The van der Waals surface area contributed by atoms with E-state index in [1.165, 1.54) is 27.8 Å². The largest absolute Gasteiger partial charge is 0.365 e. The van der Waals surface area contributed by atoms with E-state index in [1.807, 2.05) is 6.20 Å². The molecule has 0 saturated carbocycles. The maximum Gasteiger partial charge on any atom is 0.129 e. The van der Waals surface area contributed by atoms with Crippen molar-refractivity contribution in [3.05, 3.63) is 148 Å². The van der Waals surface area contributed by atoms with Gasteiger partial charge in [-0.3, -0.25) is 4.98 Å². The summed E-state index contributed by atoms with van der Waals surface area (Å²) < 4.78 is 6.00. The number of aryl methyl sites for hydroxylation is 2. The van der Waals surface area contributed by atoms with Crippen LogP contribution in [0.1, 0.15) is 60.2 Å². The summed E-state index contributed by atoms with van der Waals surface area (Å²) in [6, 6.07) is 21.8. The summed E-state index contributed by atoms with van der Waals surface area (Å²) >= 11 is 0. The first-order valence-corrected chi connectivity index (χ1v) is 13.1. The number of benzene rings is 2. The Bertz CT molecular complexity index is 1370. The molecule has 0 fully saturated rings. The highest BCUT2D eigenvalue weighted by Crippen LogP contribution is 2.41. The molecule has 0 spiro atoms. The quantitative estimate of drug-likeness (QED) is 0.339. The summed E-state index contributed by atoms with van der Waals surface area (Å²) in [6.45, 7) is 10.9. The molecular weight excluding hydrogens is 450 g/mol. The molecule has 37 heavy (non-hydrogen) atoms. The van der Waals surface area contributed by atoms with E-state index >= 15 is 0 Å². The van der Waals surface area contributed by atoms with E-state index in [4.69, 9.17) is 9.72 Å². The van der Waals surface area contributed by atoms with Crippen molar-refractivity contribution in [2.75, 3.05) is 7.11 Å². The van der Waals surface area contributed by atoms with E-state index in [9.17, 15) is 0 Å². The summed E-state index contributed by atoms with van der Waals surface area (Å²) in [5, 5.41) is 0. The van der Waals surface area contributed by atoms with Crippen LogP contribution in [0.3, 0.4) is 0 Å². The molecule has 2 atom stereocenters. The van der Waals surface area contributed by atoms with Gasteiger partial charge in [-0.2, -0.15) is 0 Å². The zero-order chi connectivity index (χ0) is 26.3. The van der Waals surface area contributed by atoms with Crippen LogP contribution in [0.2, 0.25) is 0 Å². The molecule has 2 heteroatoms. The zero-order valence-electron chi connectivity index (χ0n) is 22.8. The lowest BCUT2D eigenvalue weighted by molar-refractivity contribution is 0.0698. The fourth-order valence-corrected chi connectivity index (χ4v) is 5.55. The molecule has 3 aromatic rings. The highest BCUT2D eigenvalue weighted by atomic mass is 16.5. The molecule has 0 aliphatic heterocycles. The summed E-state index contributed by atoms with van der Waals surface area (Å²) in [6.07, 6.45) is 17.9. The van der Waals surface area contributed by atoms with Crippen LogP contribution >= 0.6 is 0 Å². The molecule has 1 aromatic heterocycles. The van der Waals surface area contributed by atoms with Crippen molar-refractivity contribution in [1.82, 2.24) is 4.98 Å². The van der Waals surface area contributed by atoms with E-state index in [2.05, 4.69) is 138 Å². The lowest BCUT2D eigenvalue weighted by Crippen LogP contribution is -2.30. The molecule has 0 saturated heterocycles. The SMILES string of the molecule is COC1(c2ccc(C)cc2)C=CC(C)(c2ccc(C3(C)C=CC(c4ccc(C)cc4)C(C)=C3)nc2)C=C1. The van der Waals surface area contributed by atoms with Gasteiger partial charge in [-0.25, -0.2) is 0 Å². The highest BCUT2D eigenvalue weighted by Gasteiger charge is 2.34. The number of pyridine rings is 1. The van der Waals surface area contributed by atoms with Crippen LogP contribution in [-0.4, -0.2) is 12.1 Å². The van der Waals surface area contributed by atoms with Gasteiger partial charge in [-0.15, -0.1) is 0 Å². The fraction of sp³-hybridized carbons (Fsp3) is 0.286. The summed E-state index contributed by atoms with van der Waals surface area (Å²) in [7, 11) is 1.77. The third kappa shape index (κ3) is 4.67. The van der Waals surface area contributed by atoms with Gasteiger partial charge in [0.1, 0.15) is 5.60 Å². The first kappa shape index (κ1) is 25.2. The number of allylic oxidation sites excluding steroid dienone is 6. The van der Waals surface area contributed by atoms with E-state index in [0.717, 1.165) is 11.3 Å². The van der Waals surface area contributed by atoms with Crippen LogP contribution in [0, 0.1) is 13.8 Å². The molecule has 2 nitrogen and oxygen atoms in total. The van der Waals surface area contributed by atoms with Gasteiger partial charge in [0.2, 0.25) is 0 Å². The molecular formula is C35H37NO. The van der Waals surface area contributed by atoms with Crippen molar-refractivity contribution < 1.29 is 4.74 Å². The van der Waals surface area contributed by atoms with E-state index in [-0.39, 0.29) is 10.8 Å². The lowest BCUT2D eigenvalue weighted by atomic mass is 9.73. The number of hydrogen-bond acceptors (Lipinski definition) is 2. The van der Waals surface area contributed by atoms with Crippen LogP contribution in [0.25, 0.3) is 0 Å². The van der Waals surface area contributed by atoms with Crippen molar-refractivity contribution in [2.45, 2.75) is 57.0 Å². The Hall–Kier alpha value is -3.49. The Kier molecular flexibility index (Phi) is 6.41. The average Bonchev–Trinajstić information content (AvgIpc) is 2.91. The normalized spacial score (nSPS) is 28.8. The van der Waals surface area contributed by atoms with E-state index in [0.29, 0.717) is 5.92 Å². The first-order valence-electron chi connectivity index (χ1n) is 13.1. The lowest BCUT2D eigenvalue weighted by Gasteiger charge is -2.35. The van der Waals surface area contributed by atoms with Gasteiger partial charge in [0, 0.05) is 30.1 Å². The molecule has 2 aromatic carbocycles. The molecule has 188 valence electrons. The van der Waals surface area contributed by atoms with Crippen molar-refractivity contribution in [1.29, 1.82) is 0 Å². The first-order chi connectivity index (χ1) is 17.7. The van der Waals surface area contributed by atoms with Gasteiger partial charge < -0.3 is 4.74 Å². The second-order valence-corrected chi connectivity index (χ2v) is 11.2. The Labute approximate surface area is 222 Å². The van der Waals surface area contributed by atoms with Crippen molar-refractivity contribution in [3.63, 3.8) is 0 Å². The van der Waals surface area contributed by atoms with Crippen molar-refractivity contribution in [3.8, 4) is 0 Å². The Morgan fingerprint density at radius 2 is 1.27 bits per heavy atom. The Morgan fingerprint density at radius 1 is 0.676 bits per heavy atom. The summed E-state index contributed by atoms with van der Waals surface area (Å²) in [5.41, 5.74) is 7.57. The van der Waals surface area contributed by atoms with Gasteiger partial charge >= 0.3 is 0 Å². The molecule has 0 N–H and O–H groups in total. The second-order valence-electron chi connectivity index (χ2n) is 11.2. The van der Waals surface area contributed by atoms with Crippen LogP contribution in [0.15, 0.2) is 115 Å². The summed E-state index contributed by atoms with van der Waals surface area (Å²) in [4.78, 5) is 4.97. The third-order valence-corrected chi connectivity index (χ3v) is 8.22.